The second-order valence-corrected chi connectivity index (χ2v) is 3.91. The summed E-state index contributed by atoms with van der Waals surface area (Å²) >= 11 is 0. The minimum absolute atomic E-state index is 0.0178. The highest BCUT2D eigenvalue weighted by Crippen LogP contribution is 2.14. The minimum atomic E-state index is -1.06. The predicted molar refractivity (Wildman–Crippen MR) is 64.5 cm³/mol. The molecule has 0 aliphatic rings. The summed E-state index contributed by atoms with van der Waals surface area (Å²) in [7, 11) is 1.80. The highest BCUT2D eigenvalue weighted by Gasteiger charge is 2.11. The number of carbonyl (C=O) groups is 1. The highest BCUT2D eigenvalue weighted by atomic mass is 16.4. The largest absolute Gasteiger partial charge is 0.477 e. The molecule has 2 heterocycles. The first kappa shape index (κ1) is 12.1. The van der Waals surface area contributed by atoms with Crippen LogP contribution in [0.25, 0.3) is 0 Å². The molecule has 0 aromatic carbocycles. The second-order valence-electron chi connectivity index (χ2n) is 3.91. The van der Waals surface area contributed by atoms with Crippen LogP contribution in [0, 0.1) is 6.92 Å². The first-order chi connectivity index (χ1) is 8.58. The number of aryl methyl sites for hydroxylation is 1. The van der Waals surface area contributed by atoms with Crippen LogP contribution in [-0.2, 0) is 6.54 Å². The Labute approximate surface area is 104 Å². The van der Waals surface area contributed by atoms with Crippen LogP contribution in [0.4, 0.5) is 5.95 Å². The third-order valence-electron chi connectivity index (χ3n) is 2.58. The molecule has 0 aliphatic carbocycles. The van der Waals surface area contributed by atoms with Crippen LogP contribution in [-0.4, -0.2) is 28.1 Å². The van der Waals surface area contributed by atoms with Crippen molar-refractivity contribution in [2.75, 3.05) is 11.9 Å². The molecule has 6 heteroatoms. The molecule has 2 aromatic rings. The maximum absolute atomic E-state index is 10.8. The summed E-state index contributed by atoms with van der Waals surface area (Å²) in [5.41, 5.74) is 0.998. The predicted octanol–water partition coefficient (Wildman–Crippen LogP) is 1.71. The van der Waals surface area contributed by atoms with Gasteiger partial charge in [-0.15, -0.1) is 0 Å². The number of aromatic nitrogens is 2. The van der Waals surface area contributed by atoms with Gasteiger partial charge < -0.3 is 14.4 Å². The van der Waals surface area contributed by atoms with Crippen molar-refractivity contribution in [1.82, 2.24) is 9.97 Å². The lowest BCUT2D eigenvalue weighted by atomic mass is 10.2. The molecular formula is C12H13N3O3. The third-order valence-corrected chi connectivity index (χ3v) is 2.58. The molecule has 0 bridgehead atoms. The van der Waals surface area contributed by atoms with E-state index < -0.39 is 5.97 Å². The number of hydrogen-bond acceptors (Lipinski definition) is 5. The van der Waals surface area contributed by atoms with Crippen LogP contribution in [0.15, 0.2) is 29.0 Å². The van der Waals surface area contributed by atoms with E-state index in [-0.39, 0.29) is 5.69 Å². The Bertz CT molecular complexity index is 565. The van der Waals surface area contributed by atoms with Gasteiger partial charge in [0.1, 0.15) is 5.76 Å². The smallest absolute Gasteiger partial charge is 0.354 e. The van der Waals surface area contributed by atoms with Gasteiger partial charge in [0.25, 0.3) is 0 Å². The number of rotatable bonds is 4. The molecule has 6 nitrogen and oxygen atoms in total. The van der Waals surface area contributed by atoms with E-state index in [0.29, 0.717) is 12.5 Å². The van der Waals surface area contributed by atoms with Crippen molar-refractivity contribution in [3.8, 4) is 0 Å². The van der Waals surface area contributed by atoms with E-state index in [1.165, 1.54) is 12.3 Å². The van der Waals surface area contributed by atoms with E-state index in [1.54, 1.807) is 18.2 Å². The van der Waals surface area contributed by atoms with Crippen molar-refractivity contribution in [3.05, 3.63) is 41.6 Å². The standard InChI is InChI=1S/C12H13N3O3/c1-8-9(4-6-18-8)7-15(2)12-13-5-3-10(14-12)11(16)17/h3-6H,7H2,1-2H3,(H,16,17). The number of hydrogen-bond donors (Lipinski definition) is 1. The maximum atomic E-state index is 10.8. The lowest BCUT2D eigenvalue weighted by Gasteiger charge is -2.16. The molecule has 1 N–H and O–H groups in total. The molecule has 0 saturated heterocycles. The van der Waals surface area contributed by atoms with Gasteiger partial charge in [-0.05, 0) is 19.1 Å². The van der Waals surface area contributed by atoms with Crippen molar-refractivity contribution in [1.29, 1.82) is 0 Å². The van der Waals surface area contributed by atoms with E-state index in [0.717, 1.165) is 11.3 Å². The fourth-order valence-electron chi connectivity index (χ4n) is 1.55. The zero-order valence-corrected chi connectivity index (χ0v) is 10.1. The normalized spacial score (nSPS) is 10.3. The summed E-state index contributed by atoms with van der Waals surface area (Å²) in [6, 6.07) is 3.23. The van der Waals surface area contributed by atoms with Gasteiger partial charge in [0, 0.05) is 25.4 Å². The Balaban J connectivity index is 2.18. The molecule has 0 atom stereocenters. The quantitative estimate of drug-likeness (QED) is 0.886. The topological polar surface area (TPSA) is 79.5 Å². The molecule has 2 rings (SSSR count). The Kier molecular flexibility index (Phi) is 3.27. The Morgan fingerprint density at radius 2 is 2.28 bits per heavy atom. The monoisotopic (exact) mass is 247 g/mol. The van der Waals surface area contributed by atoms with Gasteiger partial charge in [0.2, 0.25) is 5.95 Å². The molecule has 18 heavy (non-hydrogen) atoms. The van der Waals surface area contributed by atoms with E-state index in [1.807, 2.05) is 13.0 Å². The van der Waals surface area contributed by atoms with E-state index in [2.05, 4.69) is 9.97 Å². The lowest BCUT2D eigenvalue weighted by Crippen LogP contribution is -2.20. The lowest BCUT2D eigenvalue weighted by molar-refractivity contribution is 0.0690. The van der Waals surface area contributed by atoms with Crippen molar-refractivity contribution >= 4 is 11.9 Å². The summed E-state index contributed by atoms with van der Waals surface area (Å²) in [5, 5.41) is 8.87. The van der Waals surface area contributed by atoms with Crippen LogP contribution >= 0.6 is 0 Å². The maximum Gasteiger partial charge on any atom is 0.354 e. The van der Waals surface area contributed by atoms with Crippen LogP contribution < -0.4 is 4.90 Å². The molecule has 0 aliphatic heterocycles. The van der Waals surface area contributed by atoms with Crippen molar-refractivity contribution < 1.29 is 14.3 Å². The molecule has 0 amide bonds. The van der Waals surface area contributed by atoms with Crippen LogP contribution in [0.5, 0.6) is 0 Å². The zero-order chi connectivity index (χ0) is 13.1. The van der Waals surface area contributed by atoms with E-state index >= 15 is 0 Å². The first-order valence-electron chi connectivity index (χ1n) is 5.38. The summed E-state index contributed by atoms with van der Waals surface area (Å²) < 4.78 is 5.20. The van der Waals surface area contributed by atoms with Crippen molar-refractivity contribution in [2.24, 2.45) is 0 Å². The summed E-state index contributed by atoms with van der Waals surface area (Å²) in [6.07, 6.45) is 3.05. The number of carboxylic acids is 1. The summed E-state index contributed by atoms with van der Waals surface area (Å²) in [6.45, 7) is 2.43. The van der Waals surface area contributed by atoms with Crippen LogP contribution in [0.2, 0.25) is 0 Å². The minimum Gasteiger partial charge on any atom is -0.477 e. The molecule has 0 spiro atoms. The highest BCUT2D eigenvalue weighted by molar-refractivity contribution is 5.85. The molecule has 0 radical (unpaired) electrons. The first-order valence-corrected chi connectivity index (χ1v) is 5.38. The molecule has 0 saturated carbocycles. The fourth-order valence-corrected chi connectivity index (χ4v) is 1.55. The fraction of sp³-hybridized carbons (Fsp3) is 0.250. The Hall–Kier alpha value is -2.37. The summed E-state index contributed by atoms with van der Waals surface area (Å²) in [4.78, 5) is 20.6. The molecule has 2 aromatic heterocycles. The zero-order valence-electron chi connectivity index (χ0n) is 10.1. The molecule has 94 valence electrons. The average molecular weight is 247 g/mol. The number of carboxylic acid groups (broad SMARTS) is 1. The van der Waals surface area contributed by atoms with Gasteiger partial charge in [-0.1, -0.05) is 0 Å². The van der Waals surface area contributed by atoms with Gasteiger partial charge in [0.15, 0.2) is 5.69 Å². The van der Waals surface area contributed by atoms with Crippen LogP contribution in [0.1, 0.15) is 21.8 Å². The van der Waals surface area contributed by atoms with Crippen molar-refractivity contribution in [3.63, 3.8) is 0 Å². The van der Waals surface area contributed by atoms with Gasteiger partial charge >= 0.3 is 5.97 Å². The van der Waals surface area contributed by atoms with E-state index in [4.69, 9.17) is 9.52 Å². The number of furan rings is 1. The molecule has 0 fully saturated rings. The molecular weight excluding hydrogens is 234 g/mol. The van der Waals surface area contributed by atoms with Gasteiger partial charge in [-0.3, -0.25) is 0 Å². The third kappa shape index (κ3) is 2.48. The van der Waals surface area contributed by atoms with Gasteiger partial charge in [0.05, 0.1) is 6.26 Å². The number of anilines is 1. The number of aromatic carboxylic acids is 1. The van der Waals surface area contributed by atoms with Gasteiger partial charge in [-0.2, -0.15) is 0 Å². The van der Waals surface area contributed by atoms with Crippen LogP contribution in [0.3, 0.4) is 0 Å². The van der Waals surface area contributed by atoms with E-state index in [9.17, 15) is 4.79 Å². The average Bonchev–Trinajstić information content (AvgIpc) is 2.75. The SMILES string of the molecule is Cc1occc1CN(C)c1nccc(C(=O)O)n1. The van der Waals surface area contributed by atoms with Crippen molar-refractivity contribution in [2.45, 2.75) is 13.5 Å². The Morgan fingerprint density at radius 3 is 2.89 bits per heavy atom. The van der Waals surface area contributed by atoms with Gasteiger partial charge in [-0.25, -0.2) is 14.8 Å². The number of nitrogens with zero attached hydrogens (tertiary/aromatic N) is 3. The molecule has 0 unspecified atom stereocenters. The Morgan fingerprint density at radius 1 is 1.50 bits per heavy atom. The second kappa shape index (κ2) is 4.87. The summed E-state index contributed by atoms with van der Waals surface area (Å²) in [5.74, 6) is 0.137.